The smallest absolute Gasteiger partial charge is 0.340 e. The van der Waals surface area contributed by atoms with Crippen LogP contribution in [0.25, 0.3) is 0 Å². The van der Waals surface area contributed by atoms with E-state index in [4.69, 9.17) is 9.47 Å². The second-order valence-corrected chi connectivity index (χ2v) is 7.97. The van der Waals surface area contributed by atoms with Gasteiger partial charge in [-0.25, -0.2) is 4.79 Å². The third-order valence-corrected chi connectivity index (χ3v) is 4.93. The Labute approximate surface area is 135 Å². The summed E-state index contributed by atoms with van der Waals surface area (Å²) in [6.45, 7) is -3.51. The van der Waals surface area contributed by atoms with Gasteiger partial charge in [0.15, 0.2) is 6.23 Å². The summed E-state index contributed by atoms with van der Waals surface area (Å²) in [5, 5.41) is 19.2. The van der Waals surface area contributed by atoms with E-state index in [2.05, 4.69) is 11.8 Å². The molecule has 12 heteroatoms. The van der Waals surface area contributed by atoms with Gasteiger partial charge in [0.25, 0.3) is 12.2 Å². The molecule has 1 aliphatic heterocycles. The van der Waals surface area contributed by atoms with E-state index < -0.39 is 49.0 Å². The van der Waals surface area contributed by atoms with Crippen LogP contribution in [0.15, 0.2) is 15.8 Å². The van der Waals surface area contributed by atoms with Crippen LogP contribution in [0.4, 0.5) is 0 Å². The van der Waals surface area contributed by atoms with Crippen LogP contribution in [0, 0.1) is 6.92 Å². The minimum Gasteiger partial charge on any atom is -0.394 e. The lowest BCUT2D eigenvalue weighted by Crippen LogP contribution is -2.43. The standard InChI is InChI=1S/C11H17N2O8PS/c1-5-3-12(11(17)13(9(5)16)22(18,19)23)10-8(20-2)7(15)6(4-14)21-10/h3,6-8,10,14-15H,4H2,1-2H3,(H2,18,19,23)/t6-,7-,8-,10-/m1/s1. The van der Waals surface area contributed by atoms with E-state index in [1.165, 1.54) is 14.0 Å². The van der Waals surface area contributed by atoms with Gasteiger partial charge in [-0.05, 0) is 18.7 Å². The average Bonchev–Trinajstić information content (AvgIpc) is 2.77. The zero-order valence-electron chi connectivity index (χ0n) is 12.3. The average molecular weight is 368 g/mol. The fourth-order valence-corrected chi connectivity index (χ4v) is 3.59. The lowest BCUT2D eigenvalue weighted by Gasteiger charge is -2.22. The monoisotopic (exact) mass is 368 g/mol. The number of hydrogen-bond acceptors (Lipinski definition) is 7. The molecule has 0 spiro atoms. The van der Waals surface area contributed by atoms with Crippen molar-refractivity contribution in [2.75, 3.05) is 13.7 Å². The summed E-state index contributed by atoms with van der Waals surface area (Å²) in [5.74, 6) is 0. The van der Waals surface area contributed by atoms with Gasteiger partial charge in [-0.2, -0.15) is 4.34 Å². The number of aliphatic hydroxyl groups excluding tert-OH is 2. The van der Waals surface area contributed by atoms with Gasteiger partial charge in [-0.1, -0.05) is 0 Å². The predicted molar refractivity (Wildman–Crippen MR) is 81.6 cm³/mol. The molecule has 2 heterocycles. The second-order valence-electron chi connectivity index (χ2n) is 5.07. The summed E-state index contributed by atoms with van der Waals surface area (Å²) in [6, 6.07) is 0. The molecule has 130 valence electrons. The first-order valence-electron chi connectivity index (χ1n) is 6.51. The van der Waals surface area contributed by atoms with Crippen molar-refractivity contribution in [2.45, 2.75) is 31.5 Å². The van der Waals surface area contributed by atoms with Crippen LogP contribution < -0.4 is 11.2 Å². The van der Waals surface area contributed by atoms with Gasteiger partial charge in [-0.15, -0.1) is 0 Å². The molecule has 2 rings (SSSR count). The zero-order chi connectivity index (χ0) is 17.5. The summed E-state index contributed by atoms with van der Waals surface area (Å²) in [5.41, 5.74) is -2.01. The van der Waals surface area contributed by atoms with E-state index in [9.17, 15) is 29.6 Å². The Morgan fingerprint density at radius 3 is 2.52 bits per heavy atom. The summed E-state index contributed by atoms with van der Waals surface area (Å²) >= 11 is 4.46. The molecular formula is C11H17N2O8PS. The number of aliphatic hydroxyl groups is 2. The first-order valence-corrected chi connectivity index (χ1v) is 9.18. The number of aromatic nitrogens is 2. The first-order chi connectivity index (χ1) is 10.6. The Hall–Kier alpha value is -0.910. The van der Waals surface area contributed by atoms with Gasteiger partial charge < -0.3 is 29.5 Å². The van der Waals surface area contributed by atoms with Crippen molar-refractivity contribution in [1.82, 2.24) is 8.90 Å². The summed E-state index contributed by atoms with van der Waals surface area (Å²) < 4.78 is 11.6. The third-order valence-electron chi connectivity index (χ3n) is 3.56. The van der Waals surface area contributed by atoms with E-state index in [1.54, 1.807) is 0 Å². The fourth-order valence-electron chi connectivity index (χ4n) is 2.44. The molecule has 1 aromatic rings. The Bertz CT molecular complexity index is 755. The van der Waals surface area contributed by atoms with Gasteiger partial charge in [-0.3, -0.25) is 9.36 Å². The van der Waals surface area contributed by atoms with Gasteiger partial charge in [0.1, 0.15) is 18.3 Å². The quantitative estimate of drug-likeness (QED) is 0.429. The molecule has 1 fully saturated rings. The summed E-state index contributed by atoms with van der Waals surface area (Å²) in [4.78, 5) is 43.6. The number of methoxy groups -OCH3 is 1. The van der Waals surface area contributed by atoms with Crippen LogP contribution in [-0.4, -0.2) is 60.9 Å². The molecule has 4 N–H and O–H groups in total. The molecule has 1 aliphatic rings. The molecule has 0 bridgehead atoms. The number of ether oxygens (including phenoxy) is 2. The molecule has 0 saturated carbocycles. The minimum absolute atomic E-state index is 0.0160. The van der Waals surface area contributed by atoms with Gasteiger partial charge in [0.2, 0.25) is 0 Å². The van der Waals surface area contributed by atoms with Crippen molar-refractivity contribution in [3.63, 3.8) is 0 Å². The maximum Gasteiger partial charge on any atom is 0.340 e. The highest BCUT2D eigenvalue weighted by Crippen LogP contribution is 2.34. The zero-order valence-corrected chi connectivity index (χ0v) is 14.0. The molecular weight excluding hydrogens is 351 g/mol. The van der Waals surface area contributed by atoms with Crippen LogP contribution in [0.5, 0.6) is 0 Å². The SMILES string of the molecule is CO[C@@H]1[C@H](O)[C@@H](CO)O[C@H]1n1cc(C)c(=O)n(P(O)(O)=S)c1=O. The van der Waals surface area contributed by atoms with Gasteiger partial charge in [0, 0.05) is 18.9 Å². The lowest BCUT2D eigenvalue weighted by molar-refractivity contribution is -0.0628. The predicted octanol–water partition coefficient (Wildman–Crippen LogP) is -2.36. The Morgan fingerprint density at radius 2 is 2.04 bits per heavy atom. The molecule has 0 unspecified atom stereocenters. The Balaban J connectivity index is 2.66. The number of rotatable bonds is 4. The van der Waals surface area contributed by atoms with Gasteiger partial charge in [0.05, 0.1) is 6.61 Å². The molecule has 1 aromatic heterocycles. The van der Waals surface area contributed by atoms with Crippen molar-refractivity contribution >= 4 is 18.4 Å². The van der Waals surface area contributed by atoms with Crippen LogP contribution in [-0.2, 0) is 21.3 Å². The van der Waals surface area contributed by atoms with Crippen molar-refractivity contribution in [1.29, 1.82) is 0 Å². The van der Waals surface area contributed by atoms with Crippen LogP contribution >= 0.6 is 6.64 Å². The number of hydrogen-bond donors (Lipinski definition) is 4. The summed E-state index contributed by atoms with van der Waals surface area (Å²) in [6.07, 6.45) is -3.25. The molecule has 0 radical (unpaired) electrons. The highest BCUT2D eigenvalue weighted by atomic mass is 32.5. The van der Waals surface area contributed by atoms with E-state index >= 15 is 0 Å². The molecule has 10 nitrogen and oxygen atoms in total. The Morgan fingerprint density at radius 1 is 1.43 bits per heavy atom. The van der Waals surface area contributed by atoms with Gasteiger partial charge >= 0.3 is 5.69 Å². The first kappa shape index (κ1) is 18.4. The van der Waals surface area contributed by atoms with E-state index in [1.807, 2.05) is 0 Å². The van der Waals surface area contributed by atoms with Crippen molar-refractivity contribution < 1.29 is 29.5 Å². The maximum atomic E-state index is 12.4. The molecule has 4 atom stereocenters. The highest BCUT2D eigenvalue weighted by Gasteiger charge is 2.45. The normalized spacial score (nSPS) is 28.3. The fraction of sp³-hybridized carbons (Fsp3) is 0.636. The lowest BCUT2D eigenvalue weighted by atomic mass is 10.1. The van der Waals surface area contributed by atoms with E-state index in [0.717, 1.165) is 10.8 Å². The Kier molecular flexibility index (Phi) is 5.24. The number of aryl methyl sites for hydroxylation is 1. The largest absolute Gasteiger partial charge is 0.394 e. The molecule has 1 saturated heterocycles. The molecule has 23 heavy (non-hydrogen) atoms. The minimum atomic E-state index is -4.36. The molecule has 0 amide bonds. The topological polar surface area (TPSA) is 143 Å². The van der Waals surface area contributed by atoms with Crippen molar-refractivity contribution in [3.8, 4) is 0 Å². The second kappa shape index (κ2) is 6.54. The maximum absolute atomic E-state index is 12.4. The third kappa shape index (κ3) is 3.19. The van der Waals surface area contributed by atoms with E-state index in [-0.39, 0.29) is 9.90 Å². The van der Waals surface area contributed by atoms with Crippen LogP contribution in [0.1, 0.15) is 11.8 Å². The summed E-state index contributed by atoms with van der Waals surface area (Å²) in [7, 11) is 1.28. The number of nitrogens with zero attached hydrogens (tertiary/aromatic N) is 2. The van der Waals surface area contributed by atoms with Crippen molar-refractivity contribution in [2.24, 2.45) is 0 Å². The van der Waals surface area contributed by atoms with Crippen LogP contribution in [0.3, 0.4) is 0 Å². The van der Waals surface area contributed by atoms with Crippen LogP contribution in [0.2, 0.25) is 0 Å². The highest BCUT2D eigenvalue weighted by molar-refractivity contribution is 8.08. The van der Waals surface area contributed by atoms with E-state index in [0.29, 0.717) is 0 Å². The molecule has 0 aromatic carbocycles. The van der Waals surface area contributed by atoms with Crippen molar-refractivity contribution in [3.05, 3.63) is 32.6 Å². The molecule has 0 aliphatic carbocycles.